The summed E-state index contributed by atoms with van der Waals surface area (Å²) in [6, 6.07) is 9.02. The SMILES string of the molecule is CC(C)(C)OC(=O)N1CCNC(=O)[C@@H]1CC(=O)OCCCc1ccccc1. The molecule has 0 radical (unpaired) electrons. The summed E-state index contributed by atoms with van der Waals surface area (Å²) in [5, 5.41) is 2.68. The number of esters is 1. The van der Waals surface area contributed by atoms with Gasteiger partial charge in [0.1, 0.15) is 11.6 Å². The van der Waals surface area contributed by atoms with Crippen molar-refractivity contribution in [3.63, 3.8) is 0 Å². The maximum absolute atomic E-state index is 12.3. The van der Waals surface area contributed by atoms with Crippen molar-refractivity contribution in [3.8, 4) is 0 Å². The zero-order valence-corrected chi connectivity index (χ0v) is 16.2. The molecule has 2 rings (SSSR count). The lowest BCUT2D eigenvalue weighted by molar-refractivity contribution is -0.148. The number of piperazine rings is 1. The quantitative estimate of drug-likeness (QED) is 0.608. The second-order valence-electron chi connectivity index (χ2n) is 7.49. The van der Waals surface area contributed by atoms with E-state index in [4.69, 9.17) is 9.47 Å². The normalized spacial score (nSPS) is 17.2. The molecule has 0 unspecified atom stereocenters. The van der Waals surface area contributed by atoms with Crippen LogP contribution in [0.1, 0.15) is 39.2 Å². The average Bonchev–Trinajstić information content (AvgIpc) is 2.60. The largest absolute Gasteiger partial charge is 0.466 e. The Hall–Kier alpha value is -2.57. The lowest BCUT2D eigenvalue weighted by Crippen LogP contribution is -2.58. The van der Waals surface area contributed by atoms with Crippen molar-refractivity contribution in [2.24, 2.45) is 0 Å². The van der Waals surface area contributed by atoms with Crippen molar-refractivity contribution in [2.45, 2.75) is 51.7 Å². The highest BCUT2D eigenvalue weighted by Crippen LogP contribution is 2.16. The van der Waals surface area contributed by atoms with Gasteiger partial charge in [-0.25, -0.2) is 4.79 Å². The fourth-order valence-electron chi connectivity index (χ4n) is 2.78. The molecular formula is C20H28N2O5. The maximum atomic E-state index is 12.3. The summed E-state index contributed by atoms with van der Waals surface area (Å²) >= 11 is 0. The molecule has 0 saturated carbocycles. The van der Waals surface area contributed by atoms with Gasteiger partial charge in [0.25, 0.3) is 0 Å². The molecule has 2 amide bonds. The first-order valence-corrected chi connectivity index (χ1v) is 9.23. The summed E-state index contributed by atoms with van der Waals surface area (Å²) in [5.74, 6) is -0.869. The van der Waals surface area contributed by atoms with Crippen molar-refractivity contribution >= 4 is 18.0 Å². The summed E-state index contributed by atoms with van der Waals surface area (Å²) in [6.07, 6.45) is 0.722. The zero-order valence-electron chi connectivity index (χ0n) is 16.2. The van der Waals surface area contributed by atoms with Crippen molar-refractivity contribution in [1.82, 2.24) is 10.2 Å². The van der Waals surface area contributed by atoms with Crippen LogP contribution in [0.15, 0.2) is 30.3 Å². The van der Waals surface area contributed by atoms with Crippen molar-refractivity contribution < 1.29 is 23.9 Å². The maximum Gasteiger partial charge on any atom is 0.411 e. The van der Waals surface area contributed by atoms with E-state index in [-0.39, 0.29) is 18.9 Å². The molecule has 1 aromatic rings. The van der Waals surface area contributed by atoms with Gasteiger partial charge in [-0.05, 0) is 39.2 Å². The third-order valence-corrected chi connectivity index (χ3v) is 4.03. The number of hydrogen-bond acceptors (Lipinski definition) is 5. The van der Waals surface area contributed by atoms with Gasteiger partial charge in [0.2, 0.25) is 5.91 Å². The Kier molecular flexibility index (Phi) is 7.21. The van der Waals surface area contributed by atoms with Crippen LogP contribution in [0.2, 0.25) is 0 Å². The smallest absolute Gasteiger partial charge is 0.411 e. The lowest BCUT2D eigenvalue weighted by atomic mass is 10.1. The van der Waals surface area contributed by atoms with E-state index in [0.29, 0.717) is 19.5 Å². The number of hydrogen-bond donors (Lipinski definition) is 1. The third-order valence-electron chi connectivity index (χ3n) is 4.03. The van der Waals surface area contributed by atoms with Gasteiger partial charge in [-0.3, -0.25) is 14.5 Å². The second-order valence-corrected chi connectivity index (χ2v) is 7.49. The summed E-state index contributed by atoms with van der Waals surface area (Å²) in [7, 11) is 0. The van der Waals surface area contributed by atoms with Gasteiger partial charge in [0.15, 0.2) is 0 Å². The van der Waals surface area contributed by atoms with Gasteiger partial charge in [-0.1, -0.05) is 30.3 Å². The molecule has 7 heteroatoms. The molecule has 148 valence electrons. The van der Waals surface area contributed by atoms with Gasteiger partial charge in [0.05, 0.1) is 13.0 Å². The molecule has 0 bridgehead atoms. The number of carbonyl (C=O) groups is 3. The molecular weight excluding hydrogens is 348 g/mol. The number of rotatable bonds is 6. The van der Waals surface area contributed by atoms with E-state index in [9.17, 15) is 14.4 Å². The minimum atomic E-state index is -0.907. The Bertz CT molecular complexity index is 654. The minimum absolute atomic E-state index is 0.184. The van der Waals surface area contributed by atoms with Crippen LogP contribution >= 0.6 is 0 Å². The Balaban J connectivity index is 1.83. The Morgan fingerprint density at radius 1 is 1.22 bits per heavy atom. The number of amides is 2. The van der Waals surface area contributed by atoms with E-state index >= 15 is 0 Å². The van der Waals surface area contributed by atoms with Crippen LogP contribution < -0.4 is 5.32 Å². The van der Waals surface area contributed by atoms with Gasteiger partial charge >= 0.3 is 12.1 Å². The summed E-state index contributed by atoms with van der Waals surface area (Å²) in [5.41, 5.74) is 0.504. The molecule has 1 aliphatic heterocycles. The predicted molar refractivity (Wildman–Crippen MR) is 100 cm³/mol. The van der Waals surface area contributed by atoms with E-state index < -0.39 is 23.7 Å². The lowest BCUT2D eigenvalue weighted by Gasteiger charge is -2.35. The van der Waals surface area contributed by atoms with E-state index in [1.54, 1.807) is 20.8 Å². The predicted octanol–water partition coefficient (Wildman–Crippen LogP) is 2.29. The molecule has 0 aliphatic carbocycles. The number of aryl methyl sites for hydroxylation is 1. The molecule has 27 heavy (non-hydrogen) atoms. The topological polar surface area (TPSA) is 84.9 Å². The van der Waals surface area contributed by atoms with E-state index in [2.05, 4.69) is 5.32 Å². The molecule has 1 saturated heterocycles. The molecule has 7 nitrogen and oxygen atoms in total. The Morgan fingerprint density at radius 3 is 2.59 bits per heavy atom. The molecule has 1 fully saturated rings. The zero-order chi connectivity index (χ0) is 19.9. The fraction of sp³-hybridized carbons (Fsp3) is 0.550. The number of nitrogens with one attached hydrogen (secondary N) is 1. The first kappa shape index (κ1) is 20.7. The highest BCUT2D eigenvalue weighted by molar-refractivity contribution is 5.90. The molecule has 1 aliphatic rings. The van der Waals surface area contributed by atoms with Crippen molar-refractivity contribution in [1.29, 1.82) is 0 Å². The van der Waals surface area contributed by atoms with E-state index in [1.807, 2.05) is 30.3 Å². The van der Waals surface area contributed by atoms with Crippen LogP contribution in [0.25, 0.3) is 0 Å². The average molecular weight is 376 g/mol. The van der Waals surface area contributed by atoms with Crippen molar-refractivity contribution in [3.05, 3.63) is 35.9 Å². The standard InChI is InChI=1S/C20H28N2O5/c1-20(2,3)27-19(25)22-12-11-21-18(24)16(22)14-17(23)26-13-7-10-15-8-5-4-6-9-15/h4-6,8-9,16H,7,10-14H2,1-3H3,(H,21,24)/t16-/m0/s1. The molecule has 0 aromatic heterocycles. The molecule has 1 N–H and O–H groups in total. The van der Waals surface area contributed by atoms with Crippen LogP contribution in [0, 0.1) is 0 Å². The van der Waals surface area contributed by atoms with Crippen LogP contribution in [0.4, 0.5) is 4.79 Å². The Labute approximate surface area is 160 Å². The highest BCUT2D eigenvalue weighted by Gasteiger charge is 2.37. The molecule has 0 spiro atoms. The highest BCUT2D eigenvalue weighted by atomic mass is 16.6. The van der Waals surface area contributed by atoms with E-state index in [0.717, 1.165) is 6.42 Å². The summed E-state index contributed by atoms with van der Waals surface area (Å²) in [6.45, 7) is 6.17. The van der Waals surface area contributed by atoms with Crippen LogP contribution in [-0.2, 0) is 25.5 Å². The second kappa shape index (κ2) is 9.39. The van der Waals surface area contributed by atoms with Gasteiger partial charge in [0, 0.05) is 13.1 Å². The summed E-state index contributed by atoms with van der Waals surface area (Å²) < 4.78 is 10.6. The first-order chi connectivity index (χ1) is 12.8. The number of benzene rings is 1. The van der Waals surface area contributed by atoms with Crippen molar-refractivity contribution in [2.75, 3.05) is 19.7 Å². The van der Waals surface area contributed by atoms with Gasteiger partial charge < -0.3 is 14.8 Å². The first-order valence-electron chi connectivity index (χ1n) is 9.23. The molecule has 1 aromatic carbocycles. The minimum Gasteiger partial charge on any atom is -0.466 e. The van der Waals surface area contributed by atoms with E-state index in [1.165, 1.54) is 10.5 Å². The van der Waals surface area contributed by atoms with Crippen LogP contribution in [0.5, 0.6) is 0 Å². The van der Waals surface area contributed by atoms with Gasteiger partial charge in [-0.2, -0.15) is 0 Å². The summed E-state index contributed by atoms with van der Waals surface area (Å²) in [4.78, 5) is 37.9. The monoisotopic (exact) mass is 376 g/mol. The molecule has 1 heterocycles. The van der Waals surface area contributed by atoms with Crippen LogP contribution in [0.3, 0.4) is 0 Å². The van der Waals surface area contributed by atoms with Gasteiger partial charge in [-0.15, -0.1) is 0 Å². The fourth-order valence-corrected chi connectivity index (χ4v) is 2.78. The van der Waals surface area contributed by atoms with Crippen LogP contribution in [-0.4, -0.2) is 54.2 Å². The number of ether oxygens (including phenoxy) is 2. The molecule has 1 atom stereocenters. The number of nitrogens with zero attached hydrogens (tertiary/aromatic N) is 1. The third kappa shape index (κ3) is 6.92. The number of carbonyl (C=O) groups excluding carboxylic acids is 3. The Morgan fingerprint density at radius 2 is 1.93 bits per heavy atom.